The Morgan fingerprint density at radius 1 is 1.08 bits per heavy atom. The third kappa shape index (κ3) is 3.91. The minimum absolute atomic E-state index is 0.228. The highest BCUT2D eigenvalue weighted by Gasteiger charge is 2.28. The van der Waals surface area contributed by atoms with Crippen LogP contribution in [0.25, 0.3) is 0 Å². The topological polar surface area (TPSA) is 46.6 Å². The van der Waals surface area contributed by atoms with Crippen LogP contribution in [0.15, 0.2) is 51.8 Å². The van der Waals surface area contributed by atoms with E-state index >= 15 is 0 Å². The molecular formula is C19H22BrNO3S. The van der Waals surface area contributed by atoms with Crippen molar-refractivity contribution in [2.24, 2.45) is 0 Å². The zero-order valence-electron chi connectivity index (χ0n) is 14.4. The first-order chi connectivity index (χ1) is 11.9. The van der Waals surface area contributed by atoms with Crippen LogP contribution in [0.5, 0.6) is 0 Å². The second kappa shape index (κ2) is 7.48. The van der Waals surface area contributed by atoms with E-state index in [1.807, 2.05) is 37.3 Å². The van der Waals surface area contributed by atoms with Gasteiger partial charge < -0.3 is 4.90 Å². The maximum Gasteiger partial charge on any atom is 0.297 e. The fourth-order valence-electron chi connectivity index (χ4n) is 3.52. The molecule has 134 valence electrons. The molecular weight excluding hydrogens is 402 g/mol. The van der Waals surface area contributed by atoms with E-state index in [9.17, 15) is 8.42 Å². The van der Waals surface area contributed by atoms with Gasteiger partial charge in [-0.05, 0) is 61.1 Å². The summed E-state index contributed by atoms with van der Waals surface area (Å²) >= 11 is 3.46. The molecule has 0 N–H and O–H groups in total. The molecule has 1 aliphatic rings. The van der Waals surface area contributed by atoms with Gasteiger partial charge in [-0.1, -0.05) is 34.1 Å². The Kier molecular flexibility index (Phi) is 5.51. The molecule has 0 spiro atoms. The molecule has 1 fully saturated rings. The van der Waals surface area contributed by atoms with E-state index in [1.54, 1.807) is 0 Å². The Balaban J connectivity index is 1.82. The fraction of sp³-hybridized carbons (Fsp3) is 0.368. The second-order valence-corrected chi connectivity index (χ2v) is 8.92. The summed E-state index contributed by atoms with van der Waals surface area (Å²) in [7, 11) is -2.47. The Morgan fingerprint density at radius 2 is 1.72 bits per heavy atom. The van der Waals surface area contributed by atoms with Crippen molar-refractivity contribution >= 4 is 31.7 Å². The maximum absolute atomic E-state index is 12.4. The molecule has 2 aromatic carbocycles. The van der Waals surface area contributed by atoms with Crippen LogP contribution in [0.2, 0.25) is 0 Å². The molecule has 0 bridgehead atoms. The number of hydrogen-bond donors (Lipinski definition) is 0. The van der Waals surface area contributed by atoms with Crippen LogP contribution in [0.4, 0.5) is 5.69 Å². The molecule has 1 saturated heterocycles. The summed E-state index contributed by atoms with van der Waals surface area (Å²) in [5.41, 5.74) is 2.84. The SMILES string of the molecule is COS(=O)(=O)c1c(C)cccc1C1CCN(c2ccc(Br)cc2)CC1. The van der Waals surface area contributed by atoms with Gasteiger partial charge in [0.05, 0.1) is 7.11 Å². The third-order valence-electron chi connectivity index (χ3n) is 4.84. The molecule has 0 radical (unpaired) electrons. The quantitative estimate of drug-likeness (QED) is 0.680. The number of rotatable bonds is 4. The van der Waals surface area contributed by atoms with Gasteiger partial charge >= 0.3 is 0 Å². The standard InChI is InChI=1S/C19H22BrNO3S/c1-14-4-3-5-18(19(14)25(22,23)24-2)15-10-12-21(13-11-15)17-8-6-16(20)7-9-17/h3-9,15H,10-13H2,1-2H3. The van der Waals surface area contributed by atoms with Gasteiger partial charge in [-0.3, -0.25) is 4.18 Å². The molecule has 1 heterocycles. The lowest BCUT2D eigenvalue weighted by Crippen LogP contribution is -2.33. The molecule has 0 amide bonds. The number of benzene rings is 2. The summed E-state index contributed by atoms with van der Waals surface area (Å²) in [5.74, 6) is 0.228. The van der Waals surface area contributed by atoms with Crippen LogP contribution in [0, 0.1) is 6.92 Å². The van der Waals surface area contributed by atoms with Gasteiger partial charge in [0.2, 0.25) is 0 Å². The van der Waals surface area contributed by atoms with Crippen LogP contribution in [-0.2, 0) is 14.3 Å². The van der Waals surface area contributed by atoms with Crippen molar-refractivity contribution in [3.63, 3.8) is 0 Å². The summed E-state index contributed by atoms with van der Waals surface area (Å²) in [5, 5.41) is 0. The molecule has 0 unspecified atom stereocenters. The van der Waals surface area contributed by atoms with Crippen molar-refractivity contribution < 1.29 is 12.6 Å². The van der Waals surface area contributed by atoms with Crippen LogP contribution in [0.3, 0.4) is 0 Å². The predicted octanol–water partition coefficient (Wildman–Crippen LogP) is 4.48. The van der Waals surface area contributed by atoms with E-state index in [-0.39, 0.29) is 5.92 Å². The van der Waals surface area contributed by atoms with Crippen molar-refractivity contribution in [2.45, 2.75) is 30.6 Å². The van der Waals surface area contributed by atoms with Gasteiger partial charge in [0.15, 0.2) is 0 Å². The van der Waals surface area contributed by atoms with E-state index in [1.165, 1.54) is 12.8 Å². The Morgan fingerprint density at radius 3 is 2.32 bits per heavy atom. The number of aryl methyl sites for hydroxylation is 1. The minimum atomic E-state index is -3.70. The Hall–Kier alpha value is -1.37. The van der Waals surface area contributed by atoms with E-state index < -0.39 is 10.1 Å². The minimum Gasteiger partial charge on any atom is -0.371 e. The van der Waals surface area contributed by atoms with Crippen LogP contribution >= 0.6 is 15.9 Å². The molecule has 0 atom stereocenters. The summed E-state index contributed by atoms with van der Waals surface area (Å²) in [6, 6.07) is 14.0. The smallest absolute Gasteiger partial charge is 0.297 e. The van der Waals surface area contributed by atoms with Crippen molar-refractivity contribution in [1.29, 1.82) is 0 Å². The molecule has 4 nitrogen and oxygen atoms in total. The molecule has 25 heavy (non-hydrogen) atoms. The Labute approximate surface area is 158 Å². The highest BCUT2D eigenvalue weighted by atomic mass is 79.9. The van der Waals surface area contributed by atoms with E-state index in [2.05, 4.69) is 33.0 Å². The molecule has 3 rings (SSSR count). The number of hydrogen-bond acceptors (Lipinski definition) is 4. The first kappa shape index (κ1) is 18.4. The zero-order valence-corrected chi connectivity index (χ0v) is 16.8. The summed E-state index contributed by atoms with van der Waals surface area (Å²) < 4.78 is 30.6. The molecule has 0 saturated carbocycles. The third-order valence-corrected chi connectivity index (χ3v) is 6.86. The second-order valence-electron chi connectivity index (χ2n) is 6.35. The van der Waals surface area contributed by atoms with Crippen molar-refractivity contribution in [1.82, 2.24) is 0 Å². The monoisotopic (exact) mass is 423 g/mol. The molecule has 2 aromatic rings. The van der Waals surface area contributed by atoms with E-state index in [0.29, 0.717) is 4.90 Å². The summed E-state index contributed by atoms with van der Waals surface area (Å²) in [6.45, 7) is 3.64. The van der Waals surface area contributed by atoms with Crippen molar-refractivity contribution in [3.05, 3.63) is 58.1 Å². The highest BCUT2D eigenvalue weighted by molar-refractivity contribution is 9.10. The van der Waals surface area contributed by atoms with Gasteiger partial charge in [0.25, 0.3) is 10.1 Å². The average Bonchev–Trinajstić information content (AvgIpc) is 2.62. The average molecular weight is 424 g/mol. The molecule has 0 aromatic heterocycles. The normalized spacial score (nSPS) is 16.2. The van der Waals surface area contributed by atoms with Gasteiger partial charge in [0, 0.05) is 23.2 Å². The number of piperidine rings is 1. The van der Waals surface area contributed by atoms with Crippen LogP contribution in [-0.4, -0.2) is 28.6 Å². The van der Waals surface area contributed by atoms with E-state index in [4.69, 9.17) is 4.18 Å². The predicted molar refractivity (Wildman–Crippen MR) is 104 cm³/mol. The van der Waals surface area contributed by atoms with Crippen molar-refractivity contribution in [2.75, 3.05) is 25.1 Å². The van der Waals surface area contributed by atoms with Gasteiger partial charge in [-0.15, -0.1) is 0 Å². The number of anilines is 1. The van der Waals surface area contributed by atoms with E-state index in [0.717, 1.165) is 41.5 Å². The van der Waals surface area contributed by atoms with Gasteiger partial charge in [-0.2, -0.15) is 8.42 Å². The number of halogens is 1. The summed E-state index contributed by atoms with van der Waals surface area (Å²) in [4.78, 5) is 2.70. The van der Waals surface area contributed by atoms with Gasteiger partial charge in [-0.25, -0.2) is 0 Å². The Bertz CT molecular complexity index is 841. The summed E-state index contributed by atoms with van der Waals surface area (Å²) in [6.07, 6.45) is 1.84. The van der Waals surface area contributed by atoms with Crippen molar-refractivity contribution in [3.8, 4) is 0 Å². The lowest BCUT2D eigenvalue weighted by Gasteiger charge is -2.34. The lowest BCUT2D eigenvalue weighted by atomic mass is 9.88. The lowest BCUT2D eigenvalue weighted by molar-refractivity contribution is 0.394. The maximum atomic E-state index is 12.4. The van der Waals surface area contributed by atoms with Crippen LogP contribution in [0.1, 0.15) is 29.9 Å². The molecule has 0 aliphatic carbocycles. The first-order valence-corrected chi connectivity index (χ1v) is 10.5. The molecule has 6 heteroatoms. The largest absolute Gasteiger partial charge is 0.371 e. The highest BCUT2D eigenvalue weighted by Crippen LogP contribution is 2.36. The van der Waals surface area contributed by atoms with Crippen LogP contribution < -0.4 is 4.90 Å². The molecule has 1 aliphatic heterocycles. The first-order valence-electron chi connectivity index (χ1n) is 8.33. The van der Waals surface area contributed by atoms with Gasteiger partial charge in [0.1, 0.15) is 4.90 Å². The number of nitrogens with zero attached hydrogens (tertiary/aromatic N) is 1. The zero-order chi connectivity index (χ0) is 18.0. The fourth-order valence-corrected chi connectivity index (χ4v) is 4.94.